The molecule has 1 aromatic heterocycles. The molecule has 0 spiro atoms. The number of hydrogen-bond donors (Lipinski definition) is 2. The summed E-state index contributed by atoms with van der Waals surface area (Å²) in [4.78, 5) is 31.0. The van der Waals surface area contributed by atoms with Gasteiger partial charge in [0.25, 0.3) is 5.56 Å². The topological polar surface area (TPSA) is 87.4 Å². The number of aromatic nitrogens is 2. The minimum Gasteiger partial charge on any atom is -0.493 e. The monoisotopic (exact) mass is 421 g/mol. The zero-order valence-electron chi connectivity index (χ0n) is 14.5. The molecule has 0 atom stereocenters. The van der Waals surface area contributed by atoms with E-state index in [2.05, 4.69) is 9.98 Å². The van der Waals surface area contributed by atoms with Gasteiger partial charge in [0.2, 0.25) is 5.88 Å². The molecule has 0 amide bonds. The molecule has 9 heteroatoms. The van der Waals surface area contributed by atoms with Crippen molar-refractivity contribution in [2.45, 2.75) is 13.5 Å². The summed E-state index contributed by atoms with van der Waals surface area (Å²) in [6, 6.07) is 10.1. The lowest BCUT2D eigenvalue weighted by Gasteiger charge is -2.13. The summed E-state index contributed by atoms with van der Waals surface area (Å²) >= 11 is 12.1. The number of rotatable bonds is 4. The normalized spacial score (nSPS) is 11.6. The third kappa shape index (κ3) is 4.00. The van der Waals surface area contributed by atoms with Crippen LogP contribution in [0.15, 0.2) is 57.0 Å². The first-order valence-electron chi connectivity index (χ1n) is 8.07. The Balaban J connectivity index is 2.10. The third-order valence-corrected chi connectivity index (χ3v) is 4.56. The van der Waals surface area contributed by atoms with Crippen LogP contribution in [0, 0.1) is 5.82 Å². The van der Waals surface area contributed by atoms with Crippen molar-refractivity contribution in [3.63, 3.8) is 0 Å². The molecule has 0 unspecified atom stereocenters. The van der Waals surface area contributed by atoms with E-state index in [1.54, 1.807) is 12.1 Å². The standard InChI is InChI=1S/C19H14Cl2FN3O3/c1-10(23-9-11-2-5-13(22)6-3-11)16-17(26)24-19(28)25(18(16)27)15-8-12(20)4-7-14(15)21/h2-8,27H,9H2,1H3,(H,24,26,28). The Bertz CT molecular complexity index is 1180. The lowest BCUT2D eigenvalue weighted by molar-refractivity contribution is 0.429. The molecule has 0 saturated carbocycles. The zero-order valence-corrected chi connectivity index (χ0v) is 16.1. The number of hydrogen-bond acceptors (Lipinski definition) is 4. The van der Waals surface area contributed by atoms with Crippen molar-refractivity contribution in [2.24, 2.45) is 4.99 Å². The minimum absolute atomic E-state index is 0.112. The second kappa shape index (κ2) is 8.00. The number of aromatic hydroxyl groups is 1. The van der Waals surface area contributed by atoms with Crippen LogP contribution in [0.25, 0.3) is 5.69 Å². The van der Waals surface area contributed by atoms with Crippen molar-refractivity contribution in [1.82, 2.24) is 9.55 Å². The fourth-order valence-electron chi connectivity index (χ4n) is 2.61. The summed E-state index contributed by atoms with van der Waals surface area (Å²) in [5.74, 6) is -0.984. The second-order valence-electron chi connectivity index (χ2n) is 5.92. The minimum atomic E-state index is -0.873. The number of nitrogens with one attached hydrogen (secondary N) is 1. The van der Waals surface area contributed by atoms with E-state index < -0.39 is 17.1 Å². The summed E-state index contributed by atoms with van der Waals surface area (Å²) < 4.78 is 13.8. The molecule has 0 aliphatic carbocycles. The SMILES string of the molecule is CC(=NCc1ccc(F)cc1)c1c(O)n(-c2cc(Cl)ccc2Cl)c(=O)[nH]c1=O. The molecule has 0 fully saturated rings. The molecule has 3 aromatic rings. The van der Waals surface area contributed by atoms with E-state index in [-0.39, 0.29) is 34.3 Å². The van der Waals surface area contributed by atoms with Gasteiger partial charge in [-0.3, -0.25) is 14.8 Å². The maximum Gasteiger partial charge on any atom is 0.335 e. The van der Waals surface area contributed by atoms with Crippen LogP contribution in [0.3, 0.4) is 0 Å². The van der Waals surface area contributed by atoms with E-state index in [1.165, 1.54) is 37.3 Å². The fourth-order valence-corrected chi connectivity index (χ4v) is 2.98. The van der Waals surface area contributed by atoms with Crippen LogP contribution in [-0.2, 0) is 6.54 Å². The van der Waals surface area contributed by atoms with Gasteiger partial charge in [-0.25, -0.2) is 13.8 Å². The number of aromatic amines is 1. The average Bonchev–Trinajstić information content (AvgIpc) is 2.63. The van der Waals surface area contributed by atoms with E-state index in [4.69, 9.17) is 23.2 Å². The van der Waals surface area contributed by atoms with Crippen LogP contribution in [0.4, 0.5) is 4.39 Å². The highest BCUT2D eigenvalue weighted by Gasteiger charge is 2.19. The number of aliphatic imine (C=N–C) groups is 1. The zero-order chi connectivity index (χ0) is 20.4. The maximum absolute atomic E-state index is 13.0. The van der Waals surface area contributed by atoms with Gasteiger partial charge in [0, 0.05) is 5.02 Å². The van der Waals surface area contributed by atoms with Crippen LogP contribution in [0.5, 0.6) is 5.88 Å². The maximum atomic E-state index is 13.0. The summed E-state index contributed by atoms with van der Waals surface area (Å²) in [5.41, 5.74) is -0.838. The van der Waals surface area contributed by atoms with Gasteiger partial charge in [-0.2, -0.15) is 0 Å². The summed E-state index contributed by atoms with van der Waals surface area (Å²) in [7, 11) is 0. The van der Waals surface area contributed by atoms with Crippen LogP contribution in [-0.4, -0.2) is 20.4 Å². The predicted octanol–water partition coefficient (Wildman–Crippen LogP) is 3.69. The predicted molar refractivity (Wildman–Crippen MR) is 107 cm³/mol. The molecule has 2 aromatic carbocycles. The number of nitrogens with zero attached hydrogens (tertiary/aromatic N) is 2. The van der Waals surface area contributed by atoms with Gasteiger partial charge >= 0.3 is 5.69 Å². The Morgan fingerprint density at radius 1 is 1.18 bits per heavy atom. The lowest BCUT2D eigenvalue weighted by Crippen LogP contribution is -2.33. The van der Waals surface area contributed by atoms with Crippen LogP contribution in [0.2, 0.25) is 10.0 Å². The fraction of sp³-hybridized carbons (Fsp3) is 0.105. The van der Waals surface area contributed by atoms with Gasteiger partial charge < -0.3 is 5.11 Å². The van der Waals surface area contributed by atoms with Crippen molar-refractivity contribution in [3.05, 3.63) is 90.3 Å². The molecule has 6 nitrogen and oxygen atoms in total. The van der Waals surface area contributed by atoms with Crippen LogP contribution >= 0.6 is 23.2 Å². The summed E-state index contributed by atoms with van der Waals surface area (Å²) in [6.45, 7) is 1.67. The largest absolute Gasteiger partial charge is 0.493 e. The van der Waals surface area contributed by atoms with Gasteiger partial charge in [0.05, 0.1) is 23.0 Å². The van der Waals surface area contributed by atoms with Crippen molar-refractivity contribution in [3.8, 4) is 11.6 Å². The Labute approximate surface area is 168 Å². The second-order valence-corrected chi connectivity index (χ2v) is 6.76. The molecule has 3 rings (SSSR count). The Morgan fingerprint density at radius 2 is 1.86 bits per heavy atom. The first kappa shape index (κ1) is 19.9. The quantitative estimate of drug-likeness (QED) is 0.629. The summed E-state index contributed by atoms with van der Waals surface area (Å²) in [5, 5.41) is 11.1. The Kier molecular flexibility index (Phi) is 5.67. The first-order valence-corrected chi connectivity index (χ1v) is 8.83. The van der Waals surface area contributed by atoms with Gasteiger partial charge in [-0.05, 0) is 42.8 Å². The molecule has 0 radical (unpaired) electrons. The van der Waals surface area contributed by atoms with Crippen molar-refractivity contribution in [2.75, 3.05) is 0 Å². The molecular formula is C19H14Cl2FN3O3. The van der Waals surface area contributed by atoms with Crippen molar-refractivity contribution >= 4 is 28.9 Å². The van der Waals surface area contributed by atoms with Gasteiger partial charge in [0.1, 0.15) is 11.4 Å². The molecule has 0 aliphatic heterocycles. The number of benzene rings is 2. The van der Waals surface area contributed by atoms with E-state index >= 15 is 0 Å². The molecule has 0 aliphatic rings. The van der Waals surface area contributed by atoms with Crippen LogP contribution in [0.1, 0.15) is 18.1 Å². The van der Waals surface area contributed by atoms with E-state index in [0.717, 1.165) is 4.57 Å². The van der Waals surface area contributed by atoms with E-state index in [0.29, 0.717) is 10.6 Å². The molecular weight excluding hydrogens is 408 g/mol. The molecule has 144 valence electrons. The Morgan fingerprint density at radius 3 is 2.54 bits per heavy atom. The molecule has 28 heavy (non-hydrogen) atoms. The van der Waals surface area contributed by atoms with Gasteiger partial charge in [-0.15, -0.1) is 0 Å². The number of halogens is 3. The highest BCUT2D eigenvalue weighted by Crippen LogP contribution is 2.27. The van der Waals surface area contributed by atoms with E-state index in [1.807, 2.05) is 0 Å². The van der Waals surface area contributed by atoms with Gasteiger partial charge in [-0.1, -0.05) is 35.3 Å². The summed E-state index contributed by atoms with van der Waals surface area (Å²) in [6.07, 6.45) is 0. The highest BCUT2D eigenvalue weighted by molar-refractivity contribution is 6.34. The van der Waals surface area contributed by atoms with Crippen molar-refractivity contribution < 1.29 is 9.50 Å². The number of H-pyrrole nitrogens is 1. The molecule has 0 bridgehead atoms. The molecule has 1 heterocycles. The first-order chi connectivity index (χ1) is 13.3. The van der Waals surface area contributed by atoms with Crippen LogP contribution < -0.4 is 11.2 Å². The van der Waals surface area contributed by atoms with Crippen molar-refractivity contribution in [1.29, 1.82) is 0 Å². The molecule has 2 N–H and O–H groups in total. The third-order valence-electron chi connectivity index (χ3n) is 4.01. The van der Waals surface area contributed by atoms with Gasteiger partial charge in [0.15, 0.2) is 0 Å². The van der Waals surface area contributed by atoms with E-state index in [9.17, 15) is 19.1 Å². The smallest absolute Gasteiger partial charge is 0.335 e. The molecule has 0 saturated heterocycles. The highest BCUT2D eigenvalue weighted by atomic mass is 35.5. The Hall–Kier alpha value is -2.90. The lowest BCUT2D eigenvalue weighted by atomic mass is 10.2. The average molecular weight is 422 g/mol.